The van der Waals surface area contributed by atoms with E-state index in [2.05, 4.69) is 0 Å². The summed E-state index contributed by atoms with van der Waals surface area (Å²) in [7, 11) is 3.75. The van der Waals surface area contributed by atoms with Crippen LogP contribution in [0.5, 0.6) is 11.5 Å². The van der Waals surface area contributed by atoms with Gasteiger partial charge in [0.25, 0.3) is 0 Å². The van der Waals surface area contributed by atoms with E-state index in [1.807, 2.05) is 27.9 Å². The van der Waals surface area contributed by atoms with E-state index >= 15 is 0 Å². The molecule has 112 valence electrons. The van der Waals surface area contributed by atoms with E-state index in [-0.39, 0.29) is 18.1 Å². The van der Waals surface area contributed by atoms with Crippen molar-refractivity contribution in [1.82, 2.24) is 5.06 Å². The molecular weight excluding hydrogens is 269 g/mol. The van der Waals surface area contributed by atoms with Gasteiger partial charge in [0.15, 0.2) is 29.9 Å². The van der Waals surface area contributed by atoms with E-state index in [0.717, 1.165) is 6.07 Å². The van der Waals surface area contributed by atoms with Gasteiger partial charge in [-0.2, -0.15) is 5.06 Å². The van der Waals surface area contributed by atoms with E-state index in [1.54, 1.807) is 5.06 Å². The Labute approximate surface area is 116 Å². The zero-order chi connectivity index (χ0) is 15.9. The molecule has 1 rings (SSSR count). The molecule has 0 radical (unpaired) electrons. The van der Waals surface area contributed by atoms with Crippen molar-refractivity contribution in [3.05, 3.63) is 23.0 Å². The summed E-state index contributed by atoms with van der Waals surface area (Å²) in [6, 6.07) is 0.815. The molecular formula is C13H18FNO5. The summed E-state index contributed by atoms with van der Waals surface area (Å²) in [5.41, 5.74) is -0.867. The molecule has 0 aliphatic carbocycles. The topological polar surface area (TPSA) is 87.1 Å². The molecule has 7 heteroatoms. The second-order valence-electron chi connectivity index (χ2n) is 4.26. The Balaban J connectivity index is 0.000000441. The summed E-state index contributed by atoms with van der Waals surface area (Å²) in [5, 5.41) is 19.4. The van der Waals surface area contributed by atoms with Gasteiger partial charge < -0.3 is 10.2 Å². The maximum absolute atomic E-state index is 12.9. The molecule has 0 saturated carbocycles. The summed E-state index contributed by atoms with van der Waals surface area (Å²) < 4.78 is 12.9. The zero-order valence-corrected chi connectivity index (χ0v) is 11.8. The number of hydrogen-bond acceptors (Lipinski definition) is 6. The van der Waals surface area contributed by atoms with Crippen molar-refractivity contribution in [3.63, 3.8) is 0 Å². The Morgan fingerprint density at radius 2 is 1.80 bits per heavy atom. The number of benzene rings is 1. The number of carbonyl (C=O) groups is 2. The number of aldehydes is 2. The number of rotatable bonds is 4. The number of hydroxylamine groups is 2. The van der Waals surface area contributed by atoms with Crippen LogP contribution in [-0.4, -0.2) is 48.0 Å². The van der Waals surface area contributed by atoms with Gasteiger partial charge in [-0.1, -0.05) is 0 Å². The molecule has 0 unspecified atom stereocenters. The highest BCUT2D eigenvalue weighted by Gasteiger charge is 2.16. The van der Waals surface area contributed by atoms with Crippen LogP contribution < -0.4 is 0 Å². The highest BCUT2D eigenvalue weighted by Crippen LogP contribution is 2.31. The van der Waals surface area contributed by atoms with Crippen molar-refractivity contribution in [2.45, 2.75) is 20.0 Å². The normalized spacial score (nSPS) is 10.2. The minimum atomic E-state index is -1.29. The van der Waals surface area contributed by atoms with E-state index in [0.29, 0.717) is 6.10 Å². The molecule has 20 heavy (non-hydrogen) atoms. The number of aromatic hydroxyl groups is 2. The Kier molecular flexibility index (Phi) is 7.42. The first kappa shape index (κ1) is 18.0. The van der Waals surface area contributed by atoms with E-state index in [9.17, 15) is 14.0 Å². The first-order valence-corrected chi connectivity index (χ1v) is 5.73. The van der Waals surface area contributed by atoms with Gasteiger partial charge in [0, 0.05) is 19.7 Å². The van der Waals surface area contributed by atoms with Crippen LogP contribution in [0.15, 0.2) is 6.07 Å². The standard InChI is InChI=1S/C8H5FO4.C5H13NO/c9-7-5(3-11)4(2-10)1-6(12)8(7)13;1-5(2)7-6(3)4/h1-3,12-13H;5H,1-4H3. The summed E-state index contributed by atoms with van der Waals surface area (Å²) in [5.74, 6) is -3.10. The third kappa shape index (κ3) is 5.33. The molecule has 0 bridgehead atoms. The highest BCUT2D eigenvalue weighted by molar-refractivity contribution is 5.91. The van der Waals surface area contributed by atoms with Crippen molar-refractivity contribution in [2.75, 3.05) is 14.1 Å². The lowest BCUT2D eigenvalue weighted by atomic mass is 10.1. The summed E-state index contributed by atoms with van der Waals surface area (Å²) in [4.78, 5) is 25.6. The van der Waals surface area contributed by atoms with Crippen molar-refractivity contribution < 1.29 is 29.0 Å². The lowest BCUT2D eigenvalue weighted by Gasteiger charge is -2.12. The third-order valence-corrected chi connectivity index (χ3v) is 1.96. The van der Waals surface area contributed by atoms with Crippen molar-refractivity contribution in [1.29, 1.82) is 0 Å². The first-order valence-electron chi connectivity index (χ1n) is 5.73. The molecule has 0 heterocycles. The van der Waals surface area contributed by atoms with Crippen LogP contribution in [0.1, 0.15) is 34.6 Å². The number of phenolic OH excluding ortho intramolecular Hbond substituents is 2. The van der Waals surface area contributed by atoms with E-state index < -0.39 is 22.9 Å². The lowest BCUT2D eigenvalue weighted by Crippen LogP contribution is -2.17. The van der Waals surface area contributed by atoms with Crippen LogP contribution in [0, 0.1) is 5.82 Å². The number of halogens is 1. The summed E-state index contributed by atoms with van der Waals surface area (Å²) >= 11 is 0. The van der Waals surface area contributed by atoms with Gasteiger partial charge in [-0.3, -0.25) is 14.4 Å². The number of nitrogens with zero attached hydrogens (tertiary/aromatic N) is 1. The SMILES string of the molecule is CC(C)ON(C)C.O=Cc1cc(O)c(O)c(F)c1C=O. The fourth-order valence-electron chi connectivity index (χ4n) is 1.30. The fourth-order valence-corrected chi connectivity index (χ4v) is 1.30. The van der Waals surface area contributed by atoms with Gasteiger partial charge in [-0.25, -0.2) is 4.39 Å². The van der Waals surface area contributed by atoms with Crippen LogP contribution in [0.25, 0.3) is 0 Å². The maximum atomic E-state index is 12.9. The number of carbonyl (C=O) groups excluding carboxylic acids is 2. The fraction of sp³-hybridized carbons (Fsp3) is 0.385. The molecule has 0 spiro atoms. The Bertz CT molecular complexity index is 468. The second kappa shape index (κ2) is 8.23. The smallest absolute Gasteiger partial charge is 0.194 e. The number of phenols is 2. The van der Waals surface area contributed by atoms with Crippen LogP contribution in [-0.2, 0) is 4.84 Å². The summed E-state index contributed by atoms with van der Waals surface area (Å²) in [6.07, 6.45) is 0.611. The molecule has 1 aromatic carbocycles. The molecule has 0 saturated heterocycles. The molecule has 1 aromatic rings. The van der Waals surface area contributed by atoms with E-state index in [4.69, 9.17) is 15.1 Å². The average Bonchev–Trinajstić information content (AvgIpc) is 2.34. The maximum Gasteiger partial charge on any atom is 0.194 e. The predicted octanol–water partition coefficient (Wildman–Crippen LogP) is 1.75. The molecule has 0 amide bonds. The predicted molar refractivity (Wildman–Crippen MR) is 70.4 cm³/mol. The van der Waals surface area contributed by atoms with Crippen LogP contribution >= 0.6 is 0 Å². The lowest BCUT2D eigenvalue weighted by molar-refractivity contribution is -0.151. The molecule has 0 aliphatic heterocycles. The molecule has 0 aromatic heterocycles. The van der Waals surface area contributed by atoms with Gasteiger partial charge >= 0.3 is 0 Å². The molecule has 0 fully saturated rings. The number of hydrogen-bond donors (Lipinski definition) is 2. The molecule has 2 N–H and O–H groups in total. The van der Waals surface area contributed by atoms with Crippen molar-refractivity contribution >= 4 is 12.6 Å². The molecule has 0 aliphatic rings. The van der Waals surface area contributed by atoms with Crippen LogP contribution in [0.3, 0.4) is 0 Å². The van der Waals surface area contributed by atoms with E-state index in [1.165, 1.54) is 0 Å². The zero-order valence-electron chi connectivity index (χ0n) is 11.8. The van der Waals surface area contributed by atoms with Gasteiger partial charge in [0.05, 0.1) is 11.7 Å². The second-order valence-corrected chi connectivity index (χ2v) is 4.26. The monoisotopic (exact) mass is 287 g/mol. The van der Waals surface area contributed by atoms with Crippen molar-refractivity contribution in [3.8, 4) is 11.5 Å². The van der Waals surface area contributed by atoms with Gasteiger partial charge in [0.1, 0.15) is 0 Å². The molecule has 0 atom stereocenters. The minimum absolute atomic E-state index is 0.0955. The third-order valence-electron chi connectivity index (χ3n) is 1.96. The van der Waals surface area contributed by atoms with Gasteiger partial charge in [-0.15, -0.1) is 0 Å². The summed E-state index contributed by atoms with van der Waals surface area (Å²) in [6.45, 7) is 4.00. The van der Waals surface area contributed by atoms with Crippen molar-refractivity contribution in [2.24, 2.45) is 0 Å². The Hall–Kier alpha value is -1.99. The largest absolute Gasteiger partial charge is 0.504 e. The van der Waals surface area contributed by atoms with Gasteiger partial charge in [-0.05, 0) is 19.9 Å². The Morgan fingerprint density at radius 3 is 2.10 bits per heavy atom. The minimum Gasteiger partial charge on any atom is -0.504 e. The van der Waals surface area contributed by atoms with Crippen LogP contribution in [0.2, 0.25) is 0 Å². The van der Waals surface area contributed by atoms with Gasteiger partial charge in [0.2, 0.25) is 0 Å². The average molecular weight is 287 g/mol. The first-order chi connectivity index (χ1) is 9.24. The Morgan fingerprint density at radius 1 is 1.25 bits per heavy atom. The van der Waals surface area contributed by atoms with Crippen LogP contribution in [0.4, 0.5) is 4.39 Å². The highest BCUT2D eigenvalue weighted by atomic mass is 19.1. The quantitative estimate of drug-likeness (QED) is 0.498. The molecule has 6 nitrogen and oxygen atoms in total.